The minimum atomic E-state index is 0.943. The molecule has 1 aliphatic rings. The van der Waals surface area contributed by atoms with Gasteiger partial charge in [0.2, 0.25) is 0 Å². The first-order valence-electron chi connectivity index (χ1n) is 15.3. The van der Waals surface area contributed by atoms with Crippen molar-refractivity contribution < 1.29 is 4.74 Å². The fraction of sp³-hybridized carbons (Fsp3) is 0.158. The molecule has 0 bridgehead atoms. The van der Waals surface area contributed by atoms with Gasteiger partial charge in [0.15, 0.2) is 11.5 Å². The van der Waals surface area contributed by atoms with Crippen molar-refractivity contribution in [2.45, 2.75) is 32.6 Å². The fourth-order valence-electron chi connectivity index (χ4n) is 6.42. The summed E-state index contributed by atoms with van der Waals surface area (Å²) in [7, 11) is 0. The lowest BCUT2D eigenvalue weighted by Crippen LogP contribution is -2.22. The molecule has 0 aliphatic carbocycles. The Balaban J connectivity index is 1.13. The van der Waals surface area contributed by atoms with Gasteiger partial charge in [0.1, 0.15) is 0 Å². The monoisotopic (exact) mass is 643 g/mol. The average molecular weight is 644 g/mol. The number of rotatable bonds is 7. The first-order chi connectivity index (χ1) is 21.7. The van der Waals surface area contributed by atoms with Crippen LogP contribution in [0.2, 0.25) is 0 Å². The van der Waals surface area contributed by atoms with Crippen molar-refractivity contribution in [2.24, 2.45) is 0 Å². The van der Waals surface area contributed by atoms with E-state index in [1.165, 1.54) is 91.9 Å². The normalized spacial score (nSPS) is 12.8. The average Bonchev–Trinajstić information content (AvgIpc) is 3.82. The highest BCUT2D eigenvalue weighted by atomic mass is 32.1. The predicted octanol–water partition coefficient (Wildman–Crippen LogP) is 13.7. The molecule has 0 N–H and O–H groups in total. The number of ether oxygens (including phenoxy) is 1. The molecule has 0 radical (unpaired) electrons. The maximum absolute atomic E-state index is 6.74. The zero-order valence-electron chi connectivity index (χ0n) is 24.3. The first kappa shape index (κ1) is 26.7. The molecule has 6 heteroatoms. The molecule has 0 saturated heterocycles. The van der Waals surface area contributed by atoms with Crippen molar-refractivity contribution in [3.63, 3.8) is 0 Å². The summed E-state index contributed by atoms with van der Waals surface area (Å²) in [5.74, 6) is 1.89. The van der Waals surface area contributed by atoms with E-state index in [-0.39, 0.29) is 0 Å². The molecule has 5 heterocycles. The Hall–Kier alpha value is -3.68. The molecular formula is C38H29NOS4. The van der Waals surface area contributed by atoms with Gasteiger partial charge >= 0.3 is 0 Å². The summed E-state index contributed by atoms with van der Waals surface area (Å²) in [6.07, 6.45) is 4.90. The molecule has 0 fully saturated rings. The van der Waals surface area contributed by atoms with Gasteiger partial charge in [-0.05, 0) is 111 Å². The third kappa shape index (κ3) is 4.55. The molecule has 8 aromatic rings. The Morgan fingerprint density at radius 3 is 1.73 bits per heavy atom. The van der Waals surface area contributed by atoms with E-state index in [1.807, 2.05) is 45.3 Å². The highest BCUT2D eigenvalue weighted by molar-refractivity contribution is 7.29. The lowest BCUT2D eigenvalue weighted by Gasteiger charge is -2.33. The second-order valence-corrected chi connectivity index (χ2v) is 15.7. The third-order valence-corrected chi connectivity index (χ3v) is 13.0. The number of nitrogens with zero attached hydrogens (tertiary/aromatic N) is 1. The van der Waals surface area contributed by atoms with Gasteiger partial charge in [0.25, 0.3) is 0 Å². The van der Waals surface area contributed by atoms with Crippen LogP contribution in [0, 0.1) is 0 Å². The van der Waals surface area contributed by atoms with E-state index < -0.39 is 0 Å². The van der Waals surface area contributed by atoms with E-state index in [0.717, 1.165) is 24.5 Å². The van der Waals surface area contributed by atoms with Gasteiger partial charge in [-0.15, -0.1) is 45.3 Å². The summed E-state index contributed by atoms with van der Waals surface area (Å²) in [4.78, 5) is 5.17. The Bertz CT molecular complexity index is 2280. The zero-order chi connectivity index (χ0) is 29.2. The summed E-state index contributed by atoms with van der Waals surface area (Å²) < 4.78 is 12.2. The molecule has 0 spiro atoms. The van der Waals surface area contributed by atoms with Crippen molar-refractivity contribution in [3.05, 3.63) is 95.7 Å². The largest absolute Gasteiger partial charge is 0.453 e. The van der Waals surface area contributed by atoms with Crippen LogP contribution in [-0.2, 0) is 0 Å². The van der Waals surface area contributed by atoms with Crippen molar-refractivity contribution in [1.82, 2.24) is 0 Å². The van der Waals surface area contributed by atoms with E-state index in [0.29, 0.717) is 0 Å². The number of thiophene rings is 4. The van der Waals surface area contributed by atoms with Crippen LogP contribution in [0.1, 0.15) is 32.6 Å². The second kappa shape index (κ2) is 10.7. The van der Waals surface area contributed by atoms with Crippen LogP contribution in [-0.4, -0.2) is 6.54 Å². The SMILES string of the molecule is CCCCCCN1c2cc3ccc(-c4cc5sccc5s4)cc3cc2Oc2cc3ccc(-c4cc5sccc5s4)cc3cc21. The molecular weight excluding hydrogens is 615 g/mol. The van der Waals surface area contributed by atoms with Crippen LogP contribution in [0.3, 0.4) is 0 Å². The highest BCUT2D eigenvalue weighted by Gasteiger charge is 2.26. The van der Waals surface area contributed by atoms with Crippen LogP contribution in [0.5, 0.6) is 11.5 Å². The molecule has 4 aromatic carbocycles. The van der Waals surface area contributed by atoms with Gasteiger partial charge in [-0.1, -0.05) is 50.5 Å². The van der Waals surface area contributed by atoms with Gasteiger partial charge in [0.05, 0.1) is 11.4 Å². The lowest BCUT2D eigenvalue weighted by atomic mass is 10.0. The summed E-state index contributed by atoms with van der Waals surface area (Å²) in [5, 5.41) is 9.28. The maximum Gasteiger partial charge on any atom is 0.151 e. The van der Waals surface area contributed by atoms with Crippen molar-refractivity contribution in [3.8, 4) is 32.4 Å². The molecule has 0 amide bonds. The van der Waals surface area contributed by atoms with Gasteiger partial charge < -0.3 is 9.64 Å². The Labute approximate surface area is 272 Å². The Morgan fingerprint density at radius 1 is 0.545 bits per heavy atom. The van der Waals surface area contributed by atoms with Crippen molar-refractivity contribution >= 4 is 97.1 Å². The van der Waals surface area contributed by atoms with Gasteiger partial charge in [-0.25, -0.2) is 0 Å². The lowest BCUT2D eigenvalue weighted by molar-refractivity contribution is 0.473. The highest BCUT2D eigenvalue weighted by Crippen LogP contribution is 2.50. The summed E-state index contributed by atoms with van der Waals surface area (Å²) in [6.45, 7) is 3.26. The van der Waals surface area contributed by atoms with Gasteiger partial charge in [-0.3, -0.25) is 0 Å². The van der Waals surface area contributed by atoms with E-state index in [4.69, 9.17) is 4.74 Å². The summed E-state index contributed by atoms with van der Waals surface area (Å²) >= 11 is 7.39. The molecule has 0 unspecified atom stereocenters. The van der Waals surface area contributed by atoms with Crippen LogP contribution < -0.4 is 9.64 Å². The molecule has 216 valence electrons. The molecule has 4 aromatic heterocycles. The van der Waals surface area contributed by atoms with Gasteiger partial charge in [-0.2, -0.15) is 0 Å². The molecule has 2 nitrogen and oxygen atoms in total. The Kier molecular flexibility index (Phi) is 6.52. The molecule has 9 rings (SSSR count). The number of benzene rings is 4. The predicted molar refractivity (Wildman–Crippen MR) is 197 cm³/mol. The van der Waals surface area contributed by atoms with E-state index in [1.54, 1.807) is 0 Å². The van der Waals surface area contributed by atoms with Crippen LogP contribution in [0.25, 0.3) is 61.2 Å². The molecule has 0 saturated carbocycles. The Morgan fingerprint density at radius 2 is 1.11 bits per heavy atom. The van der Waals surface area contributed by atoms with Crippen molar-refractivity contribution in [1.29, 1.82) is 0 Å². The van der Waals surface area contributed by atoms with Crippen LogP contribution in [0.15, 0.2) is 95.7 Å². The first-order valence-corrected chi connectivity index (χ1v) is 18.7. The fourth-order valence-corrected chi connectivity index (χ4v) is 10.6. The van der Waals surface area contributed by atoms with Crippen LogP contribution in [0.4, 0.5) is 11.4 Å². The second-order valence-electron chi connectivity index (χ2n) is 11.6. The van der Waals surface area contributed by atoms with Crippen LogP contribution >= 0.6 is 45.3 Å². The molecule has 44 heavy (non-hydrogen) atoms. The standard InChI is InChI=1S/C38H29NOS4/c1-2-3-4-5-12-39-29-17-23-6-8-26(36-22-38-34(44-36)11-14-42-38)16-28(23)20-32(29)40-31-19-24-7-9-25(15-27(24)18-30(31)39)35-21-37-33(43-35)10-13-41-37/h6-11,13-22H,2-5,12H2,1H3. The summed E-state index contributed by atoms with van der Waals surface area (Å²) in [6, 6.07) is 32.0. The topological polar surface area (TPSA) is 12.5 Å². The molecule has 0 atom stereocenters. The number of unbranched alkanes of at least 4 members (excludes halogenated alkanes) is 3. The number of hydrogen-bond acceptors (Lipinski definition) is 6. The maximum atomic E-state index is 6.74. The van der Waals surface area contributed by atoms with Gasteiger partial charge in [0, 0.05) is 35.1 Å². The number of anilines is 2. The van der Waals surface area contributed by atoms with Crippen molar-refractivity contribution in [2.75, 3.05) is 11.4 Å². The number of fused-ring (bicyclic) bond motifs is 6. The van der Waals surface area contributed by atoms with E-state index in [9.17, 15) is 0 Å². The summed E-state index contributed by atoms with van der Waals surface area (Å²) in [5.41, 5.74) is 4.89. The van der Waals surface area contributed by atoms with E-state index in [2.05, 4.69) is 108 Å². The van der Waals surface area contributed by atoms with E-state index >= 15 is 0 Å². The minimum Gasteiger partial charge on any atom is -0.453 e. The third-order valence-electron chi connectivity index (χ3n) is 8.72. The number of hydrogen-bond donors (Lipinski definition) is 0. The molecule has 1 aliphatic heterocycles. The quantitative estimate of drug-likeness (QED) is 0.160. The smallest absolute Gasteiger partial charge is 0.151 e. The zero-order valence-corrected chi connectivity index (χ0v) is 27.5. The minimum absolute atomic E-state index is 0.943.